The third kappa shape index (κ3) is 5.21. The molecule has 3 rings (SSSR count). The zero-order valence-electron chi connectivity index (χ0n) is 16.4. The molecule has 0 aromatic heterocycles. The van der Waals surface area contributed by atoms with Gasteiger partial charge in [0.1, 0.15) is 11.5 Å². The second-order valence-electron chi connectivity index (χ2n) is 7.42. The number of piperidine rings is 1. The normalized spacial score (nSPS) is 18.9. The highest BCUT2D eigenvalue weighted by molar-refractivity contribution is 6.30. The maximum atomic E-state index is 13.1. The number of nitrogens with zero attached hydrogens (tertiary/aromatic N) is 1. The Bertz CT molecular complexity index is 871. The Kier molecular flexibility index (Phi) is 6.64. The maximum Gasteiger partial charge on any atom is 0.257 e. The van der Waals surface area contributed by atoms with Crippen molar-refractivity contribution in [3.63, 3.8) is 0 Å². The van der Waals surface area contributed by atoms with Crippen molar-refractivity contribution < 1.29 is 19.1 Å². The predicted molar refractivity (Wildman–Crippen MR) is 111 cm³/mol. The Morgan fingerprint density at radius 1 is 1.17 bits per heavy atom. The standard InChI is InChI=1S/C22H25ClN2O4/c1-28-19-6-3-2-5-18(19)21(27)25-12-4-11-22(14-25,13-20(24)26)15-29-17-9-7-16(23)8-10-17/h2-3,5-10H,4,11-15H2,1H3,(H2,24,26). The van der Waals surface area contributed by atoms with E-state index in [4.69, 9.17) is 26.8 Å². The summed E-state index contributed by atoms with van der Waals surface area (Å²) in [5, 5.41) is 0.621. The maximum absolute atomic E-state index is 13.1. The first-order chi connectivity index (χ1) is 13.9. The number of benzene rings is 2. The van der Waals surface area contributed by atoms with E-state index >= 15 is 0 Å². The second kappa shape index (κ2) is 9.18. The first kappa shape index (κ1) is 21.0. The summed E-state index contributed by atoms with van der Waals surface area (Å²) < 4.78 is 11.3. The molecule has 1 atom stereocenters. The van der Waals surface area contributed by atoms with Crippen LogP contribution in [0.5, 0.6) is 11.5 Å². The van der Waals surface area contributed by atoms with Crippen LogP contribution in [-0.2, 0) is 4.79 Å². The van der Waals surface area contributed by atoms with Crippen LogP contribution in [-0.4, -0.2) is 43.5 Å². The van der Waals surface area contributed by atoms with Crippen molar-refractivity contribution in [2.45, 2.75) is 19.3 Å². The van der Waals surface area contributed by atoms with Crippen molar-refractivity contribution in [2.24, 2.45) is 11.1 Å². The molecule has 6 nitrogen and oxygen atoms in total. The van der Waals surface area contributed by atoms with Gasteiger partial charge in [0.05, 0.1) is 19.3 Å². The number of hydrogen-bond donors (Lipinski definition) is 1. The smallest absolute Gasteiger partial charge is 0.257 e. The van der Waals surface area contributed by atoms with E-state index in [1.54, 1.807) is 54.5 Å². The van der Waals surface area contributed by atoms with Gasteiger partial charge in [-0.15, -0.1) is 0 Å². The van der Waals surface area contributed by atoms with Gasteiger partial charge < -0.3 is 20.1 Å². The molecular weight excluding hydrogens is 392 g/mol. The molecule has 1 aliphatic heterocycles. The van der Waals surface area contributed by atoms with Crippen molar-refractivity contribution >= 4 is 23.4 Å². The molecule has 0 spiro atoms. The van der Waals surface area contributed by atoms with Gasteiger partial charge in [0, 0.05) is 29.9 Å². The van der Waals surface area contributed by atoms with Gasteiger partial charge in [-0.3, -0.25) is 9.59 Å². The Labute approximate surface area is 175 Å². The van der Waals surface area contributed by atoms with Crippen LogP contribution in [0.15, 0.2) is 48.5 Å². The van der Waals surface area contributed by atoms with Crippen LogP contribution in [0.4, 0.5) is 0 Å². The van der Waals surface area contributed by atoms with E-state index < -0.39 is 11.3 Å². The second-order valence-corrected chi connectivity index (χ2v) is 7.85. The van der Waals surface area contributed by atoms with E-state index in [1.807, 2.05) is 6.07 Å². The SMILES string of the molecule is COc1ccccc1C(=O)N1CCCC(COc2ccc(Cl)cc2)(CC(N)=O)C1. The number of para-hydroxylation sites is 1. The molecule has 7 heteroatoms. The van der Waals surface area contributed by atoms with Gasteiger partial charge in [-0.25, -0.2) is 0 Å². The van der Waals surface area contributed by atoms with Crippen LogP contribution in [0.2, 0.25) is 5.02 Å². The Hall–Kier alpha value is -2.73. The fourth-order valence-electron chi connectivity index (χ4n) is 3.82. The van der Waals surface area contributed by atoms with Crippen molar-refractivity contribution in [1.29, 1.82) is 0 Å². The first-order valence-corrected chi connectivity index (χ1v) is 9.89. The first-order valence-electron chi connectivity index (χ1n) is 9.51. The predicted octanol–water partition coefficient (Wildman–Crippen LogP) is 3.53. The fraction of sp³-hybridized carbons (Fsp3) is 0.364. The van der Waals surface area contributed by atoms with E-state index in [1.165, 1.54) is 0 Å². The summed E-state index contributed by atoms with van der Waals surface area (Å²) in [5.41, 5.74) is 5.50. The summed E-state index contributed by atoms with van der Waals surface area (Å²) in [6.07, 6.45) is 1.66. The Morgan fingerprint density at radius 3 is 2.59 bits per heavy atom. The van der Waals surface area contributed by atoms with Gasteiger partial charge in [-0.05, 0) is 49.2 Å². The molecule has 1 heterocycles. The number of ether oxygens (including phenoxy) is 2. The molecule has 1 unspecified atom stereocenters. The molecule has 1 fully saturated rings. The molecule has 0 bridgehead atoms. The van der Waals surface area contributed by atoms with Crippen molar-refractivity contribution in [2.75, 3.05) is 26.8 Å². The topological polar surface area (TPSA) is 81.9 Å². The van der Waals surface area contributed by atoms with Gasteiger partial charge in [-0.2, -0.15) is 0 Å². The lowest BCUT2D eigenvalue weighted by molar-refractivity contribution is -0.122. The third-order valence-electron chi connectivity index (χ3n) is 5.19. The fourth-order valence-corrected chi connectivity index (χ4v) is 3.95. The monoisotopic (exact) mass is 416 g/mol. The molecule has 1 aliphatic rings. The van der Waals surface area contributed by atoms with E-state index in [-0.39, 0.29) is 18.9 Å². The molecule has 0 aliphatic carbocycles. The molecule has 0 radical (unpaired) electrons. The van der Waals surface area contributed by atoms with E-state index in [2.05, 4.69) is 0 Å². The molecule has 2 aromatic carbocycles. The highest BCUT2D eigenvalue weighted by Crippen LogP contribution is 2.35. The summed E-state index contributed by atoms with van der Waals surface area (Å²) in [6, 6.07) is 14.2. The number of carbonyl (C=O) groups excluding carboxylic acids is 2. The van der Waals surface area contributed by atoms with Gasteiger partial charge in [0.25, 0.3) is 5.91 Å². The molecule has 2 amide bonds. The lowest BCUT2D eigenvalue weighted by atomic mass is 9.77. The number of hydrogen-bond acceptors (Lipinski definition) is 4. The average molecular weight is 417 g/mol. The number of primary amides is 1. The average Bonchev–Trinajstić information content (AvgIpc) is 2.72. The van der Waals surface area contributed by atoms with E-state index in [0.717, 1.165) is 12.8 Å². The van der Waals surface area contributed by atoms with Crippen LogP contribution in [0.1, 0.15) is 29.6 Å². The molecule has 0 saturated carbocycles. The van der Waals surface area contributed by atoms with Crippen LogP contribution >= 0.6 is 11.6 Å². The van der Waals surface area contributed by atoms with Gasteiger partial charge in [-0.1, -0.05) is 23.7 Å². The van der Waals surface area contributed by atoms with Crippen LogP contribution in [0.25, 0.3) is 0 Å². The zero-order chi connectivity index (χ0) is 20.9. The summed E-state index contributed by atoms with van der Waals surface area (Å²) >= 11 is 5.92. The van der Waals surface area contributed by atoms with Crippen molar-refractivity contribution in [3.05, 3.63) is 59.1 Å². The number of rotatable bonds is 7. The van der Waals surface area contributed by atoms with E-state index in [0.29, 0.717) is 35.2 Å². The third-order valence-corrected chi connectivity index (χ3v) is 5.45. The van der Waals surface area contributed by atoms with Gasteiger partial charge in [0.2, 0.25) is 5.91 Å². The quantitative estimate of drug-likeness (QED) is 0.748. The summed E-state index contributed by atoms with van der Waals surface area (Å²) in [7, 11) is 1.54. The largest absolute Gasteiger partial charge is 0.496 e. The minimum Gasteiger partial charge on any atom is -0.496 e. The lowest BCUT2D eigenvalue weighted by Crippen LogP contribution is -2.50. The summed E-state index contributed by atoms with van der Waals surface area (Å²) in [6.45, 7) is 1.28. The van der Waals surface area contributed by atoms with Gasteiger partial charge in [0.15, 0.2) is 0 Å². The molecule has 1 saturated heterocycles. The molecular formula is C22H25ClN2O4. The lowest BCUT2D eigenvalue weighted by Gasteiger charge is -2.42. The number of likely N-dealkylation sites (tertiary alicyclic amines) is 1. The number of halogens is 1. The van der Waals surface area contributed by atoms with Crippen LogP contribution < -0.4 is 15.2 Å². The summed E-state index contributed by atoms with van der Waals surface area (Å²) in [4.78, 5) is 26.7. The minimum atomic E-state index is -0.540. The minimum absolute atomic E-state index is 0.123. The molecule has 29 heavy (non-hydrogen) atoms. The highest BCUT2D eigenvalue weighted by Gasteiger charge is 2.40. The van der Waals surface area contributed by atoms with Crippen molar-refractivity contribution in [1.82, 2.24) is 4.90 Å². The Balaban J connectivity index is 1.78. The zero-order valence-corrected chi connectivity index (χ0v) is 17.2. The molecule has 154 valence electrons. The molecule has 2 N–H and O–H groups in total. The van der Waals surface area contributed by atoms with Crippen molar-refractivity contribution in [3.8, 4) is 11.5 Å². The Morgan fingerprint density at radius 2 is 1.90 bits per heavy atom. The van der Waals surface area contributed by atoms with Crippen LogP contribution in [0, 0.1) is 5.41 Å². The number of methoxy groups -OCH3 is 1. The number of amides is 2. The van der Waals surface area contributed by atoms with Crippen LogP contribution in [0.3, 0.4) is 0 Å². The summed E-state index contributed by atoms with van der Waals surface area (Å²) in [5.74, 6) is 0.659. The number of nitrogens with two attached hydrogens (primary N) is 1. The molecule has 2 aromatic rings. The van der Waals surface area contributed by atoms with E-state index in [9.17, 15) is 9.59 Å². The van der Waals surface area contributed by atoms with Gasteiger partial charge >= 0.3 is 0 Å². The highest BCUT2D eigenvalue weighted by atomic mass is 35.5. The number of carbonyl (C=O) groups is 2.